The Balaban J connectivity index is 1.45. The van der Waals surface area contributed by atoms with Gasteiger partial charge in [-0.3, -0.25) is 9.59 Å². The zero-order valence-corrected chi connectivity index (χ0v) is 15.8. The predicted molar refractivity (Wildman–Crippen MR) is 103 cm³/mol. The third-order valence-electron chi connectivity index (χ3n) is 4.78. The second-order valence-corrected chi connectivity index (χ2v) is 7.50. The Morgan fingerprint density at radius 2 is 2.04 bits per heavy atom. The smallest absolute Gasteiger partial charge is 0.246 e. The summed E-state index contributed by atoms with van der Waals surface area (Å²) in [5.41, 5.74) is 4.38. The largest absolute Gasteiger partial charge is 0.334 e. The van der Waals surface area contributed by atoms with Gasteiger partial charge in [-0.2, -0.15) is 0 Å². The van der Waals surface area contributed by atoms with Crippen LogP contribution in [0.4, 0.5) is 5.82 Å². The third kappa shape index (κ3) is 3.55. The minimum Gasteiger partial charge on any atom is -0.334 e. The number of halogens is 1. The molecule has 0 saturated heterocycles. The molecule has 0 unspecified atom stereocenters. The first-order valence-corrected chi connectivity index (χ1v) is 9.41. The van der Waals surface area contributed by atoms with Crippen LogP contribution in [0.25, 0.3) is 6.08 Å². The number of nitrogens with one attached hydrogen (secondary N) is 1. The second-order valence-electron chi connectivity index (χ2n) is 6.58. The van der Waals surface area contributed by atoms with Crippen LogP contribution in [0.5, 0.6) is 0 Å². The first-order chi connectivity index (χ1) is 12.6. The van der Waals surface area contributed by atoms with Gasteiger partial charge >= 0.3 is 0 Å². The zero-order valence-electron chi connectivity index (χ0n) is 14.2. The van der Waals surface area contributed by atoms with Crippen LogP contribution in [-0.4, -0.2) is 28.2 Å². The van der Waals surface area contributed by atoms with Crippen LogP contribution < -0.4 is 5.32 Å². The minimum atomic E-state index is 0.000814. The lowest BCUT2D eigenvalue weighted by Gasteiger charge is -2.28. The van der Waals surface area contributed by atoms with Crippen LogP contribution >= 0.6 is 15.9 Å². The van der Waals surface area contributed by atoms with Crippen LogP contribution in [0.3, 0.4) is 0 Å². The molecule has 2 aliphatic rings. The lowest BCUT2D eigenvalue weighted by Crippen LogP contribution is -2.34. The number of pyridine rings is 1. The molecule has 0 radical (unpaired) electrons. The van der Waals surface area contributed by atoms with E-state index in [2.05, 4.69) is 38.4 Å². The van der Waals surface area contributed by atoms with Gasteiger partial charge in [0.05, 0.1) is 0 Å². The molecular formula is C20H18BrN3O2. The lowest BCUT2D eigenvalue weighted by molar-refractivity contribution is -0.126. The Morgan fingerprint density at radius 1 is 1.15 bits per heavy atom. The zero-order chi connectivity index (χ0) is 18.1. The van der Waals surface area contributed by atoms with Crippen molar-refractivity contribution in [1.29, 1.82) is 0 Å². The van der Waals surface area contributed by atoms with Crippen molar-refractivity contribution in [3.8, 4) is 0 Å². The number of carbonyl (C=O) groups is 2. The monoisotopic (exact) mass is 411 g/mol. The Hall–Kier alpha value is -2.47. The van der Waals surface area contributed by atoms with Gasteiger partial charge in [0.15, 0.2) is 0 Å². The number of fused-ring (bicyclic) bond motifs is 2. The summed E-state index contributed by atoms with van der Waals surface area (Å²) >= 11 is 3.49. The number of hydrogen-bond donors (Lipinski definition) is 1. The molecule has 26 heavy (non-hydrogen) atoms. The molecule has 2 aromatic rings. The maximum atomic E-state index is 12.5. The van der Waals surface area contributed by atoms with E-state index in [0.29, 0.717) is 25.2 Å². The van der Waals surface area contributed by atoms with Crippen molar-refractivity contribution in [2.75, 3.05) is 11.9 Å². The molecule has 0 saturated carbocycles. The molecule has 0 bridgehead atoms. The number of aryl methyl sites for hydroxylation is 1. The van der Waals surface area contributed by atoms with E-state index in [4.69, 9.17) is 0 Å². The molecule has 0 aliphatic carbocycles. The summed E-state index contributed by atoms with van der Waals surface area (Å²) in [6.45, 7) is 1.36. The summed E-state index contributed by atoms with van der Waals surface area (Å²) < 4.78 is 1.08. The number of aromatic nitrogens is 1. The molecule has 4 rings (SSSR count). The number of hydrogen-bond acceptors (Lipinski definition) is 3. The van der Waals surface area contributed by atoms with E-state index in [-0.39, 0.29) is 11.8 Å². The number of carbonyl (C=O) groups excluding carboxylic acids is 2. The van der Waals surface area contributed by atoms with Crippen molar-refractivity contribution in [2.24, 2.45) is 0 Å². The minimum absolute atomic E-state index is 0.000814. The van der Waals surface area contributed by atoms with E-state index in [1.165, 1.54) is 11.1 Å². The van der Waals surface area contributed by atoms with E-state index in [0.717, 1.165) is 28.6 Å². The van der Waals surface area contributed by atoms with Gasteiger partial charge in [-0.15, -0.1) is 0 Å². The quantitative estimate of drug-likeness (QED) is 0.770. The third-order valence-corrected chi connectivity index (χ3v) is 5.27. The number of benzene rings is 1. The average Bonchev–Trinajstić information content (AvgIpc) is 2.65. The molecule has 6 heteroatoms. The highest BCUT2D eigenvalue weighted by Gasteiger charge is 2.19. The van der Waals surface area contributed by atoms with Crippen LogP contribution in [-0.2, 0) is 29.0 Å². The summed E-state index contributed by atoms with van der Waals surface area (Å²) in [6.07, 6.45) is 7.11. The van der Waals surface area contributed by atoms with Crippen LogP contribution in [0, 0.1) is 0 Å². The number of anilines is 1. The van der Waals surface area contributed by atoms with Crippen molar-refractivity contribution in [2.45, 2.75) is 25.8 Å². The molecule has 3 heterocycles. The van der Waals surface area contributed by atoms with Crippen molar-refractivity contribution >= 4 is 39.6 Å². The van der Waals surface area contributed by atoms with E-state index >= 15 is 0 Å². The van der Waals surface area contributed by atoms with Gasteiger partial charge in [-0.1, -0.05) is 22.0 Å². The molecular weight excluding hydrogens is 394 g/mol. The van der Waals surface area contributed by atoms with Gasteiger partial charge in [0.25, 0.3) is 0 Å². The van der Waals surface area contributed by atoms with Crippen LogP contribution in [0.2, 0.25) is 0 Å². The molecule has 1 N–H and O–H groups in total. The van der Waals surface area contributed by atoms with Gasteiger partial charge in [-0.25, -0.2) is 4.98 Å². The molecule has 2 amide bonds. The standard InChI is InChI=1S/C20H18BrN3O2/c21-17-4-2-16-12-24(8-7-14(16)10-17)19(26)6-1-13-9-15-3-5-18(25)23-20(15)22-11-13/h1-2,4,6,9-11H,3,5,7-8,12H2,(H,22,23,25). The molecule has 5 nitrogen and oxygen atoms in total. The van der Waals surface area contributed by atoms with E-state index < -0.39 is 0 Å². The fourth-order valence-electron chi connectivity index (χ4n) is 3.35. The maximum absolute atomic E-state index is 12.5. The van der Waals surface area contributed by atoms with Crippen LogP contribution in [0.15, 0.2) is 41.0 Å². The summed E-state index contributed by atoms with van der Waals surface area (Å²) in [7, 11) is 0. The molecule has 0 atom stereocenters. The Kier molecular flexibility index (Phi) is 4.59. The number of amides is 2. The maximum Gasteiger partial charge on any atom is 0.246 e. The molecule has 2 aliphatic heterocycles. The lowest BCUT2D eigenvalue weighted by atomic mass is 10.00. The molecule has 1 aromatic carbocycles. The highest BCUT2D eigenvalue weighted by molar-refractivity contribution is 9.10. The predicted octanol–water partition coefficient (Wildman–Crippen LogP) is 3.33. The normalized spacial score (nSPS) is 16.2. The van der Waals surface area contributed by atoms with Gasteiger partial charge in [-0.05, 0) is 59.4 Å². The fourth-order valence-corrected chi connectivity index (χ4v) is 3.76. The van der Waals surface area contributed by atoms with Crippen molar-refractivity contribution < 1.29 is 9.59 Å². The first kappa shape index (κ1) is 17.0. The van der Waals surface area contributed by atoms with E-state index in [9.17, 15) is 9.59 Å². The van der Waals surface area contributed by atoms with Crippen molar-refractivity contribution in [3.63, 3.8) is 0 Å². The SMILES string of the molecule is O=C1CCc2cc(C=CC(=O)N3CCc4cc(Br)ccc4C3)cnc2N1. The molecule has 132 valence electrons. The summed E-state index contributed by atoms with van der Waals surface area (Å²) in [5, 5.41) is 2.76. The highest BCUT2D eigenvalue weighted by atomic mass is 79.9. The van der Waals surface area contributed by atoms with Crippen LogP contribution in [0.1, 0.15) is 28.7 Å². The van der Waals surface area contributed by atoms with E-state index in [1.807, 2.05) is 17.0 Å². The summed E-state index contributed by atoms with van der Waals surface area (Å²) in [6, 6.07) is 8.20. The number of nitrogens with zero attached hydrogens (tertiary/aromatic N) is 2. The molecule has 0 spiro atoms. The number of rotatable bonds is 2. The highest BCUT2D eigenvalue weighted by Crippen LogP contribution is 2.24. The van der Waals surface area contributed by atoms with Gasteiger partial charge in [0.2, 0.25) is 11.8 Å². The Labute approximate surface area is 160 Å². The van der Waals surface area contributed by atoms with Gasteiger partial charge in [0.1, 0.15) is 5.82 Å². The fraction of sp³-hybridized carbons (Fsp3) is 0.250. The second kappa shape index (κ2) is 7.03. The first-order valence-electron chi connectivity index (χ1n) is 8.61. The van der Waals surface area contributed by atoms with Crippen molar-refractivity contribution in [1.82, 2.24) is 9.88 Å². The summed E-state index contributed by atoms with van der Waals surface area (Å²) in [5.74, 6) is 0.633. The Morgan fingerprint density at radius 3 is 2.92 bits per heavy atom. The average molecular weight is 412 g/mol. The van der Waals surface area contributed by atoms with E-state index in [1.54, 1.807) is 18.3 Å². The molecule has 1 aromatic heterocycles. The topological polar surface area (TPSA) is 62.3 Å². The molecule has 0 fully saturated rings. The van der Waals surface area contributed by atoms with Crippen molar-refractivity contribution in [3.05, 3.63) is 63.3 Å². The Bertz CT molecular complexity index is 923. The van der Waals surface area contributed by atoms with Gasteiger partial charge < -0.3 is 10.2 Å². The van der Waals surface area contributed by atoms with Gasteiger partial charge in [0, 0.05) is 36.3 Å². The summed E-state index contributed by atoms with van der Waals surface area (Å²) in [4.78, 5) is 30.1.